The summed E-state index contributed by atoms with van der Waals surface area (Å²) < 4.78 is 60.5. The van der Waals surface area contributed by atoms with Crippen LogP contribution in [0.5, 0.6) is 5.75 Å². The fraction of sp³-hybridized carbons (Fsp3) is 0.485. The van der Waals surface area contributed by atoms with Crippen molar-refractivity contribution >= 4 is 22.6 Å². The smallest absolute Gasteiger partial charge is 0.418 e. The molecule has 5 aliphatic rings. The van der Waals surface area contributed by atoms with Crippen molar-refractivity contribution in [1.82, 2.24) is 29.8 Å². The quantitative estimate of drug-likeness (QED) is 0.230. The van der Waals surface area contributed by atoms with Gasteiger partial charge in [-0.25, -0.2) is 28.7 Å². The minimum absolute atomic E-state index is 0.00190. The van der Waals surface area contributed by atoms with Gasteiger partial charge in [0.1, 0.15) is 23.6 Å². The van der Waals surface area contributed by atoms with Gasteiger partial charge in [-0.3, -0.25) is 0 Å². The van der Waals surface area contributed by atoms with E-state index in [9.17, 15) is 23.1 Å². The van der Waals surface area contributed by atoms with Gasteiger partial charge in [0, 0.05) is 40.8 Å². The number of phenolic OH excluding ortho intramolecular Hbond substituents is 1. The van der Waals surface area contributed by atoms with Crippen molar-refractivity contribution in [2.75, 3.05) is 0 Å². The molecule has 2 bridgehead atoms. The molecule has 4 aromatic rings. The number of alkyl halides is 3. The first-order valence-corrected chi connectivity index (χ1v) is 16.3. The maximum atomic E-state index is 16.2. The molecule has 5 heterocycles. The van der Waals surface area contributed by atoms with Crippen LogP contribution in [0.15, 0.2) is 29.3 Å². The van der Waals surface area contributed by atoms with Crippen molar-refractivity contribution in [2.24, 2.45) is 11.8 Å². The van der Waals surface area contributed by atoms with Crippen molar-refractivity contribution in [1.29, 1.82) is 0 Å². The maximum absolute atomic E-state index is 16.2. The number of benzene rings is 1. The van der Waals surface area contributed by atoms with Gasteiger partial charge in [-0.15, -0.1) is 0 Å². The number of hydrogen-bond acceptors (Lipinski definition) is 7. The van der Waals surface area contributed by atoms with Gasteiger partial charge in [-0.2, -0.15) is 18.2 Å². The number of aromatic nitrogens is 5. The molecule has 1 aromatic carbocycles. The Hall–Kier alpha value is -3.64. The van der Waals surface area contributed by atoms with E-state index < -0.39 is 45.3 Å². The normalized spacial score (nSPS) is 27.1. The highest BCUT2D eigenvalue weighted by atomic mass is 35.5. The SMILES string of the molecule is O=c1nc(C2CC3C4CCC(C[C@H]23)N4)c2cc(F)c(-c3cc(O)cc(Cl)c3C(F)(F)F)nc2n1-c1c(C2CC2)ncnc1C1CC1. The molecular weight excluding hydrogens is 624 g/mol. The van der Waals surface area contributed by atoms with Crippen LogP contribution in [-0.2, 0) is 6.18 Å². The second kappa shape index (κ2) is 9.93. The number of phenols is 1. The molecule has 8 nitrogen and oxygen atoms in total. The highest BCUT2D eigenvalue weighted by Crippen LogP contribution is 2.57. The number of aromatic hydroxyl groups is 1. The summed E-state index contributed by atoms with van der Waals surface area (Å²) in [5.74, 6) is -0.846. The van der Waals surface area contributed by atoms with Gasteiger partial charge in [-0.05, 0) is 81.4 Å². The maximum Gasteiger partial charge on any atom is 0.418 e. The van der Waals surface area contributed by atoms with Crippen LogP contribution in [0.4, 0.5) is 17.6 Å². The number of piperidine rings is 1. The monoisotopic (exact) mass is 652 g/mol. The van der Waals surface area contributed by atoms with E-state index in [-0.39, 0.29) is 34.7 Å². The Morgan fingerprint density at radius 3 is 2.30 bits per heavy atom. The Morgan fingerprint density at radius 1 is 0.913 bits per heavy atom. The van der Waals surface area contributed by atoms with Crippen LogP contribution in [0.1, 0.15) is 91.8 Å². The molecule has 3 saturated carbocycles. The number of rotatable bonds is 5. The van der Waals surface area contributed by atoms with Crippen LogP contribution < -0.4 is 11.0 Å². The van der Waals surface area contributed by atoms with Crippen LogP contribution >= 0.6 is 11.6 Å². The molecule has 4 unspecified atom stereocenters. The van der Waals surface area contributed by atoms with Gasteiger partial charge in [0.25, 0.3) is 0 Å². The number of pyridine rings is 1. The lowest BCUT2D eigenvalue weighted by Gasteiger charge is -2.51. The lowest BCUT2D eigenvalue weighted by atomic mass is 9.58. The topological polar surface area (TPSA) is 106 Å². The highest BCUT2D eigenvalue weighted by Gasteiger charge is 2.53. The van der Waals surface area contributed by atoms with Crippen molar-refractivity contribution in [3.63, 3.8) is 0 Å². The van der Waals surface area contributed by atoms with E-state index in [0.717, 1.165) is 69.6 Å². The summed E-state index contributed by atoms with van der Waals surface area (Å²) in [7, 11) is 0. The molecule has 13 heteroatoms. The molecule has 3 aliphatic carbocycles. The zero-order valence-corrected chi connectivity index (χ0v) is 25.2. The molecule has 9 rings (SSSR count). The molecule has 3 aromatic heterocycles. The summed E-state index contributed by atoms with van der Waals surface area (Å²) in [6, 6.07) is 3.51. The van der Waals surface area contributed by atoms with Gasteiger partial charge < -0.3 is 10.4 Å². The third-order valence-electron chi connectivity index (χ3n) is 10.8. The first-order chi connectivity index (χ1) is 22.1. The summed E-state index contributed by atoms with van der Waals surface area (Å²) in [5, 5.41) is 13.4. The molecule has 5 atom stereocenters. The van der Waals surface area contributed by atoms with Gasteiger partial charge in [0.05, 0.1) is 33.4 Å². The summed E-state index contributed by atoms with van der Waals surface area (Å²) in [6.07, 6.45) is 3.90. The van der Waals surface area contributed by atoms with E-state index in [2.05, 4.69) is 25.3 Å². The van der Waals surface area contributed by atoms with Crippen LogP contribution in [0.2, 0.25) is 5.02 Å². The first kappa shape index (κ1) is 28.6. The fourth-order valence-electron chi connectivity index (χ4n) is 8.39. The summed E-state index contributed by atoms with van der Waals surface area (Å²) in [5.41, 5.74) is -1.16. The van der Waals surface area contributed by atoms with Crippen LogP contribution in [0.3, 0.4) is 0 Å². The molecule has 2 saturated heterocycles. The van der Waals surface area contributed by atoms with Crippen molar-refractivity contribution in [3.8, 4) is 22.7 Å². The number of nitrogens with one attached hydrogen (secondary N) is 1. The minimum Gasteiger partial charge on any atom is -0.508 e. The van der Waals surface area contributed by atoms with Gasteiger partial charge in [0.2, 0.25) is 0 Å². The number of nitrogens with zero attached hydrogens (tertiary/aromatic N) is 5. The van der Waals surface area contributed by atoms with Crippen LogP contribution in [0, 0.1) is 17.7 Å². The molecule has 46 heavy (non-hydrogen) atoms. The van der Waals surface area contributed by atoms with Crippen LogP contribution in [0.25, 0.3) is 28.0 Å². The predicted octanol–water partition coefficient (Wildman–Crippen LogP) is 6.75. The largest absolute Gasteiger partial charge is 0.508 e. The third kappa shape index (κ3) is 4.39. The second-order valence-electron chi connectivity index (χ2n) is 13.6. The Kier molecular flexibility index (Phi) is 6.17. The summed E-state index contributed by atoms with van der Waals surface area (Å²) >= 11 is 5.99. The Balaban J connectivity index is 1.32. The molecule has 2 N–H and O–H groups in total. The number of hydrogen-bond donors (Lipinski definition) is 2. The molecule has 0 amide bonds. The number of fused-ring (bicyclic) bond motifs is 5. The van der Waals surface area contributed by atoms with E-state index in [1.54, 1.807) is 0 Å². The predicted molar refractivity (Wildman–Crippen MR) is 161 cm³/mol. The van der Waals surface area contributed by atoms with Gasteiger partial charge >= 0.3 is 11.9 Å². The average Bonchev–Trinajstić information content (AvgIpc) is 3.92. The zero-order chi connectivity index (χ0) is 31.6. The summed E-state index contributed by atoms with van der Waals surface area (Å²) in [4.78, 5) is 32.5. The molecular formula is C33H29ClF4N6O2. The fourth-order valence-corrected chi connectivity index (χ4v) is 8.71. The Morgan fingerprint density at radius 2 is 1.63 bits per heavy atom. The van der Waals surface area contributed by atoms with Gasteiger partial charge in [-0.1, -0.05) is 11.6 Å². The Bertz CT molecular complexity index is 1980. The van der Waals surface area contributed by atoms with E-state index in [4.69, 9.17) is 11.6 Å². The average molecular weight is 653 g/mol. The molecule has 238 valence electrons. The Labute approximate surface area is 265 Å². The third-order valence-corrected chi connectivity index (χ3v) is 11.1. The van der Waals surface area contributed by atoms with Gasteiger partial charge in [0.15, 0.2) is 5.65 Å². The molecule has 5 fully saturated rings. The molecule has 0 spiro atoms. The van der Waals surface area contributed by atoms with Crippen LogP contribution in [-0.4, -0.2) is 41.7 Å². The minimum atomic E-state index is -4.98. The van der Waals surface area contributed by atoms with Crippen molar-refractivity contribution in [3.05, 3.63) is 68.5 Å². The lowest BCUT2D eigenvalue weighted by molar-refractivity contribution is -0.137. The molecule has 0 radical (unpaired) electrons. The molecule has 2 aliphatic heterocycles. The highest BCUT2D eigenvalue weighted by molar-refractivity contribution is 6.32. The number of halogens is 5. The van der Waals surface area contributed by atoms with Crippen molar-refractivity contribution in [2.45, 2.75) is 87.4 Å². The van der Waals surface area contributed by atoms with E-state index in [1.165, 1.54) is 10.9 Å². The first-order valence-electron chi connectivity index (χ1n) is 15.9. The lowest BCUT2D eigenvalue weighted by Crippen LogP contribution is -2.53. The summed E-state index contributed by atoms with van der Waals surface area (Å²) in [6.45, 7) is 0. The van der Waals surface area contributed by atoms with E-state index in [1.807, 2.05) is 0 Å². The van der Waals surface area contributed by atoms with Crippen molar-refractivity contribution < 1.29 is 22.7 Å². The zero-order valence-electron chi connectivity index (χ0n) is 24.5. The van der Waals surface area contributed by atoms with E-state index in [0.29, 0.717) is 40.8 Å². The standard InChI is InChI=1S/C33H29ClF4N6O2/c34-22-9-16(45)8-20(25(22)33(36,37)38)29-23(35)11-21-28(19-10-18-17(19)7-15-5-6-24(18)41-15)43-32(46)44(31(21)42-29)30-26(13-1-2-13)39-12-40-27(30)14-3-4-14/h8-9,11-15,17-19,24,41,45H,1-7,10H2/t15?,17-,18?,19?,24?/m0/s1. The second-order valence-corrected chi connectivity index (χ2v) is 14.1. The van der Waals surface area contributed by atoms with E-state index >= 15 is 4.39 Å².